The lowest BCUT2D eigenvalue weighted by Crippen LogP contribution is -2.05. The van der Waals surface area contributed by atoms with Gasteiger partial charge in [-0.25, -0.2) is 9.07 Å². The van der Waals surface area contributed by atoms with Gasteiger partial charge in [0, 0.05) is 6.04 Å². The summed E-state index contributed by atoms with van der Waals surface area (Å²) in [5.74, 6) is -0.341. The molecule has 1 heterocycles. The maximum absolute atomic E-state index is 13.3. The van der Waals surface area contributed by atoms with Crippen LogP contribution >= 0.6 is 11.6 Å². The quantitative estimate of drug-likeness (QED) is 0.895. The number of halogens is 2. The van der Waals surface area contributed by atoms with Crippen molar-refractivity contribution < 1.29 is 4.39 Å². The van der Waals surface area contributed by atoms with Gasteiger partial charge in [0.05, 0.1) is 22.6 Å². The van der Waals surface area contributed by atoms with E-state index < -0.39 is 0 Å². The Hall–Kier alpha value is -1.46. The van der Waals surface area contributed by atoms with Gasteiger partial charge in [-0.05, 0) is 31.5 Å². The molecular formula is C11H12ClFN4. The first-order valence-corrected chi connectivity index (χ1v) is 5.50. The molecule has 1 atom stereocenters. The zero-order valence-corrected chi connectivity index (χ0v) is 10.2. The number of benzene rings is 1. The third-order valence-corrected chi connectivity index (χ3v) is 2.76. The summed E-state index contributed by atoms with van der Waals surface area (Å²) >= 11 is 5.96. The van der Waals surface area contributed by atoms with Gasteiger partial charge in [0.1, 0.15) is 5.82 Å². The summed E-state index contributed by atoms with van der Waals surface area (Å²) in [7, 11) is 0. The first kappa shape index (κ1) is 12.0. The summed E-state index contributed by atoms with van der Waals surface area (Å²) in [6, 6.07) is 2.68. The summed E-state index contributed by atoms with van der Waals surface area (Å²) in [5.41, 5.74) is 7.43. The van der Waals surface area contributed by atoms with Crippen molar-refractivity contribution in [2.75, 3.05) is 0 Å². The van der Waals surface area contributed by atoms with Crippen LogP contribution in [0.3, 0.4) is 0 Å². The molecule has 2 N–H and O–H groups in total. The zero-order valence-electron chi connectivity index (χ0n) is 9.48. The Balaban J connectivity index is 2.49. The van der Waals surface area contributed by atoms with E-state index in [-0.39, 0.29) is 16.9 Å². The monoisotopic (exact) mass is 254 g/mol. The van der Waals surface area contributed by atoms with Crippen LogP contribution in [0.2, 0.25) is 5.02 Å². The van der Waals surface area contributed by atoms with E-state index in [4.69, 9.17) is 17.3 Å². The van der Waals surface area contributed by atoms with Gasteiger partial charge in [-0.2, -0.15) is 0 Å². The average Bonchev–Trinajstić information content (AvgIpc) is 2.72. The van der Waals surface area contributed by atoms with Crippen molar-refractivity contribution in [3.8, 4) is 5.69 Å². The van der Waals surface area contributed by atoms with Gasteiger partial charge in [0.2, 0.25) is 0 Å². The average molecular weight is 255 g/mol. The van der Waals surface area contributed by atoms with Gasteiger partial charge in [-0.3, -0.25) is 0 Å². The van der Waals surface area contributed by atoms with Crippen LogP contribution in [0.5, 0.6) is 0 Å². The predicted octanol–water partition coefficient (Wildman–Crippen LogP) is 2.39. The fourth-order valence-electron chi connectivity index (χ4n) is 1.42. The molecule has 17 heavy (non-hydrogen) atoms. The number of aryl methyl sites for hydroxylation is 1. The lowest BCUT2D eigenvalue weighted by atomic mass is 10.2. The van der Waals surface area contributed by atoms with Crippen molar-refractivity contribution in [1.29, 1.82) is 0 Å². The third-order valence-electron chi connectivity index (χ3n) is 2.45. The van der Waals surface area contributed by atoms with Gasteiger partial charge >= 0.3 is 0 Å². The van der Waals surface area contributed by atoms with E-state index in [1.807, 2.05) is 6.92 Å². The van der Waals surface area contributed by atoms with E-state index in [0.29, 0.717) is 16.9 Å². The van der Waals surface area contributed by atoms with Gasteiger partial charge in [-0.1, -0.05) is 16.8 Å². The standard InChI is InChI=1S/C11H12ClFN4/c1-6-3-11(8(12)4-9(6)13)17-5-10(7(2)14)15-16-17/h3-5,7H,14H2,1-2H3. The first-order valence-electron chi connectivity index (χ1n) is 5.13. The van der Waals surface area contributed by atoms with E-state index >= 15 is 0 Å². The lowest BCUT2D eigenvalue weighted by molar-refractivity contribution is 0.617. The second kappa shape index (κ2) is 4.43. The molecule has 2 rings (SSSR count). The van der Waals surface area contributed by atoms with Crippen molar-refractivity contribution in [1.82, 2.24) is 15.0 Å². The number of nitrogens with two attached hydrogens (primary N) is 1. The molecule has 1 unspecified atom stereocenters. The largest absolute Gasteiger partial charge is 0.323 e. The maximum atomic E-state index is 13.3. The van der Waals surface area contributed by atoms with Crippen LogP contribution in [0.15, 0.2) is 18.3 Å². The first-order chi connectivity index (χ1) is 7.99. The molecule has 0 aliphatic carbocycles. The second-order valence-corrected chi connectivity index (χ2v) is 4.34. The fraction of sp³-hybridized carbons (Fsp3) is 0.273. The Labute approximate surface area is 103 Å². The molecular weight excluding hydrogens is 243 g/mol. The second-order valence-electron chi connectivity index (χ2n) is 3.93. The van der Waals surface area contributed by atoms with Crippen LogP contribution in [-0.4, -0.2) is 15.0 Å². The molecule has 90 valence electrons. The van der Waals surface area contributed by atoms with Crippen LogP contribution in [0, 0.1) is 12.7 Å². The van der Waals surface area contributed by atoms with Crippen LogP contribution in [-0.2, 0) is 0 Å². The number of aromatic nitrogens is 3. The molecule has 1 aromatic carbocycles. The number of hydrogen-bond donors (Lipinski definition) is 1. The van der Waals surface area contributed by atoms with Crippen LogP contribution in [0.4, 0.5) is 4.39 Å². The van der Waals surface area contributed by atoms with E-state index in [2.05, 4.69) is 10.3 Å². The van der Waals surface area contributed by atoms with E-state index in [0.717, 1.165) is 0 Å². The van der Waals surface area contributed by atoms with E-state index in [1.54, 1.807) is 19.2 Å². The van der Waals surface area contributed by atoms with Crippen molar-refractivity contribution in [3.05, 3.63) is 40.4 Å². The summed E-state index contributed by atoms with van der Waals surface area (Å²) in [6.07, 6.45) is 1.68. The normalized spacial score (nSPS) is 12.8. The number of hydrogen-bond acceptors (Lipinski definition) is 3. The highest BCUT2D eigenvalue weighted by Gasteiger charge is 2.11. The van der Waals surface area contributed by atoms with Gasteiger partial charge < -0.3 is 5.73 Å². The van der Waals surface area contributed by atoms with Gasteiger partial charge in [-0.15, -0.1) is 5.10 Å². The molecule has 2 aromatic rings. The zero-order chi connectivity index (χ0) is 12.6. The Morgan fingerprint density at radius 1 is 1.47 bits per heavy atom. The summed E-state index contributed by atoms with van der Waals surface area (Å²) in [6.45, 7) is 3.48. The summed E-state index contributed by atoms with van der Waals surface area (Å²) < 4.78 is 14.8. The molecule has 0 bridgehead atoms. The minimum atomic E-state index is -0.341. The molecule has 4 nitrogen and oxygen atoms in total. The minimum Gasteiger partial charge on any atom is -0.323 e. The third kappa shape index (κ3) is 2.30. The molecule has 0 saturated carbocycles. The molecule has 0 fully saturated rings. The molecule has 0 radical (unpaired) electrons. The maximum Gasteiger partial charge on any atom is 0.127 e. The molecule has 6 heteroatoms. The summed E-state index contributed by atoms with van der Waals surface area (Å²) in [5, 5.41) is 8.13. The molecule has 1 aromatic heterocycles. The highest BCUT2D eigenvalue weighted by atomic mass is 35.5. The molecule has 0 amide bonds. The number of nitrogens with zero attached hydrogens (tertiary/aromatic N) is 3. The Bertz CT molecular complexity index is 550. The van der Waals surface area contributed by atoms with Crippen molar-refractivity contribution in [3.63, 3.8) is 0 Å². The van der Waals surface area contributed by atoms with Crippen molar-refractivity contribution in [2.24, 2.45) is 5.73 Å². The minimum absolute atomic E-state index is 0.205. The Morgan fingerprint density at radius 2 is 2.18 bits per heavy atom. The van der Waals surface area contributed by atoms with E-state index in [9.17, 15) is 4.39 Å². The topological polar surface area (TPSA) is 56.7 Å². The molecule has 0 aliphatic heterocycles. The van der Waals surface area contributed by atoms with Crippen molar-refractivity contribution in [2.45, 2.75) is 19.9 Å². The molecule has 0 aliphatic rings. The Kier molecular flexibility index (Phi) is 3.13. The van der Waals surface area contributed by atoms with Crippen molar-refractivity contribution >= 4 is 11.6 Å². The highest BCUT2D eigenvalue weighted by Crippen LogP contribution is 2.23. The van der Waals surface area contributed by atoms with Crippen LogP contribution in [0.1, 0.15) is 24.2 Å². The van der Waals surface area contributed by atoms with Crippen LogP contribution < -0.4 is 5.73 Å². The van der Waals surface area contributed by atoms with Gasteiger partial charge in [0.25, 0.3) is 0 Å². The van der Waals surface area contributed by atoms with E-state index in [1.165, 1.54) is 10.7 Å². The Morgan fingerprint density at radius 3 is 2.76 bits per heavy atom. The molecule has 0 saturated heterocycles. The highest BCUT2D eigenvalue weighted by molar-refractivity contribution is 6.32. The number of rotatable bonds is 2. The SMILES string of the molecule is Cc1cc(-n2cc(C(C)N)nn2)c(Cl)cc1F. The smallest absolute Gasteiger partial charge is 0.127 e. The predicted molar refractivity (Wildman–Crippen MR) is 63.7 cm³/mol. The lowest BCUT2D eigenvalue weighted by Gasteiger charge is -2.05. The van der Waals surface area contributed by atoms with Gasteiger partial charge in [0.15, 0.2) is 0 Å². The molecule has 0 spiro atoms. The summed E-state index contributed by atoms with van der Waals surface area (Å²) in [4.78, 5) is 0. The van der Waals surface area contributed by atoms with Crippen LogP contribution in [0.25, 0.3) is 5.69 Å². The fourth-order valence-corrected chi connectivity index (χ4v) is 1.66.